The van der Waals surface area contributed by atoms with Gasteiger partial charge in [-0.15, -0.1) is 0 Å². The van der Waals surface area contributed by atoms with Crippen molar-refractivity contribution in [3.8, 4) is 5.75 Å². The molecule has 0 aromatic heterocycles. The van der Waals surface area contributed by atoms with E-state index in [9.17, 15) is 9.90 Å². The lowest BCUT2D eigenvalue weighted by atomic mass is 10.3. The number of carbonyl (C=O) groups is 3. The molecule has 0 saturated carbocycles. The number of carbonyl (C=O) groups excluding carboxylic acids is 1. The highest BCUT2D eigenvalue weighted by Crippen LogP contribution is 2.08. The molecule has 0 aliphatic rings. The number of carboxylic acid groups (broad SMARTS) is 2. The SMILES string of the molecule is CNC(=O)CCCNCC(O)COc1ccccc1.O=C(O)C(=O)O. The Hall–Kier alpha value is -2.65. The van der Waals surface area contributed by atoms with E-state index in [1.54, 1.807) is 7.05 Å². The van der Waals surface area contributed by atoms with Crippen LogP contribution in [0.3, 0.4) is 0 Å². The maximum Gasteiger partial charge on any atom is 0.414 e. The fourth-order valence-corrected chi connectivity index (χ4v) is 1.54. The van der Waals surface area contributed by atoms with E-state index in [0.29, 0.717) is 19.5 Å². The molecule has 1 aromatic carbocycles. The van der Waals surface area contributed by atoms with E-state index in [1.165, 1.54) is 0 Å². The molecular weight excluding hydrogens is 332 g/mol. The van der Waals surface area contributed by atoms with Crippen molar-refractivity contribution < 1.29 is 34.4 Å². The summed E-state index contributed by atoms with van der Waals surface area (Å²) in [5.74, 6) is -2.86. The van der Waals surface area contributed by atoms with Crippen molar-refractivity contribution in [1.82, 2.24) is 10.6 Å². The number of aliphatic carboxylic acids is 2. The number of hydrogen-bond acceptors (Lipinski definition) is 6. The lowest BCUT2D eigenvalue weighted by Gasteiger charge is -2.13. The van der Waals surface area contributed by atoms with Gasteiger partial charge in [0.15, 0.2) is 0 Å². The lowest BCUT2D eigenvalue weighted by molar-refractivity contribution is -0.159. The molecule has 9 nitrogen and oxygen atoms in total. The minimum atomic E-state index is -1.82. The predicted molar refractivity (Wildman–Crippen MR) is 89.4 cm³/mol. The van der Waals surface area contributed by atoms with Crippen LogP contribution in [0.15, 0.2) is 30.3 Å². The zero-order valence-electron chi connectivity index (χ0n) is 14.0. The Labute approximate surface area is 145 Å². The molecule has 0 aliphatic heterocycles. The second kappa shape index (κ2) is 13.8. The molecule has 0 saturated heterocycles. The van der Waals surface area contributed by atoms with Crippen LogP contribution in [0, 0.1) is 0 Å². The Morgan fingerprint density at radius 3 is 2.24 bits per heavy atom. The molecule has 1 unspecified atom stereocenters. The van der Waals surface area contributed by atoms with E-state index in [4.69, 9.17) is 24.5 Å². The van der Waals surface area contributed by atoms with E-state index in [2.05, 4.69) is 10.6 Å². The summed E-state index contributed by atoms with van der Waals surface area (Å²) in [6, 6.07) is 9.39. The van der Waals surface area contributed by atoms with E-state index in [-0.39, 0.29) is 12.5 Å². The summed E-state index contributed by atoms with van der Waals surface area (Å²) >= 11 is 0. The van der Waals surface area contributed by atoms with Crippen LogP contribution in [0.4, 0.5) is 0 Å². The third-order valence-electron chi connectivity index (χ3n) is 2.78. The molecule has 9 heteroatoms. The minimum absolute atomic E-state index is 0.0368. The Kier molecular flexibility index (Phi) is 12.3. The Bertz CT molecular complexity index is 510. The lowest BCUT2D eigenvalue weighted by Crippen LogP contribution is -2.32. The molecule has 140 valence electrons. The zero-order chi connectivity index (χ0) is 19.1. The van der Waals surface area contributed by atoms with Gasteiger partial charge in [0, 0.05) is 20.0 Å². The molecular formula is C16H24N2O7. The second-order valence-electron chi connectivity index (χ2n) is 4.87. The number of aliphatic hydroxyl groups excluding tert-OH is 1. The number of para-hydroxylation sites is 1. The summed E-state index contributed by atoms with van der Waals surface area (Å²) < 4.78 is 5.43. The molecule has 25 heavy (non-hydrogen) atoms. The van der Waals surface area contributed by atoms with Crippen molar-refractivity contribution in [3.05, 3.63) is 30.3 Å². The molecule has 5 N–H and O–H groups in total. The quantitative estimate of drug-likeness (QED) is 0.299. The summed E-state index contributed by atoms with van der Waals surface area (Å²) in [6.07, 6.45) is 0.701. The second-order valence-corrected chi connectivity index (χ2v) is 4.87. The maximum absolute atomic E-state index is 11.0. The highest BCUT2D eigenvalue weighted by molar-refractivity contribution is 6.27. The van der Waals surface area contributed by atoms with Crippen LogP contribution in [-0.4, -0.2) is 66.0 Å². The number of carboxylic acids is 2. The first kappa shape index (κ1) is 22.4. The van der Waals surface area contributed by atoms with Crippen molar-refractivity contribution in [2.75, 3.05) is 26.7 Å². The first-order valence-corrected chi connectivity index (χ1v) is 7.60. The molecule has 0 bridgehead atoms. The number of benzene rings is 1. The van der Waals surface area contributed by atoms with Gasteiger partial charge in [0.1, 0.15) is 18.5 Å². The van der Waals surface area contributed by atoms with Crippen LogP contribution in [0.5, 0.6) is 5.75 Å². The van der Waals surface area contributed by atoms with Crippen LogP contribution in [0.2, 0.25) is 0 Å². The molecule has 0 aliphatic carbocycles. The van der Waals surface area contributed by atoms with Crippen molar-refractivity contribution >= 4 is 17.8 Å². The van der Waals surface area contributed by atoms with Gasteiger partial charge in [-0.2, -0.15) is 0 Å². The summed E-state index contributed by atoms with van der Waals surface area (Å²) in [4.78, 5) is 29.2. The van der Waals surface area contributed by atoms with E-state index < -0.39 is 18.0 Å². The maximum atomic E-state index is 11.0. The number of nitrogens with one attached hydrogen (secondary N) is 2. The first-order chi connectivity index (χ1) is 11.9. The van der Waals surface area contributed by atoms with Gasteiger partial charge >= 0.3 is 11.9 Å². The number of aliphatic hydroxyl groups is 1. The van der Waals surface area contributed by atoms with Crippen molar-refractivity contribution in [2.24, 2.45) is 0 Å². The Morgan fingerprint density at radius 1 is 1.12 bits per heavy atom. The molecule has 0 heterocycles. The van der Waals surface area contributed by atoms with Crippen molar-refractivity contribution in [3.63, 3.8) is 0 Å². The monoisotopic (exact) mass is 356 g/mol. The largest absolute Gasteiger partial charge is 0.491 e. The van der Waals surface area contributed by atoms with Gasteiger partial charge in [-0.3, -0.25) is 4.79 Å². The number of amides is 1. The Morgan fingerprint density at radius 2 is 1.72 bits per heavy atom. The molecule has 1 aromatic rings. The summed E-state index contributed by atoms with van der Waals surface area (Å²) in [6.45, 7) is 1.42. The van der Waals surface area contributed by atoms with Crippen LogP contribution in [-0.2, 0) is 14.4 Å². The Balaban J connectivity index is 0.000000823. The molecule has 1 atom stereocenters. The van der Waals surface area contributed by atoms with Crippen LogP contribution < -0.4 is 15.4 Å². The van der Waals surface area contributed by atoms with Gasteiger partial charge in [-0.25, -0.2) is 9.59 Å². The van der Waals surface area contributed by atoms with Gasteiger partial charge < -0.3 is 30.7 Å². The first-order valence-electron chi connectivity index (χ1n) is 7.60. The average Bonchev–Trinajstić information content (AvgIpc) is 2.60. The molecule has 0 spiro atoms. The van der Waals surface area contributed by atoms with Crippen molar-refractivity contribution in [1.29, 1.82) is 0 Å². The fraction of sp³-hybridized carbons (Fsp3) is 0.438. The fourth-order valence-electron chi connectivity index (χ4n) is 1.54. The van der Waals surface area contributed by atoms with Gasteiger partial charge in [0.05, 0.1) is 0 Å². The topological polar surface area (TPSA) is 145 Å². The normalized spacial score (nSPS) is 10.8. The molecule has 0 fully saturated rings. The van der Waals surface area contributed by atoms with E-state index in [0.717, 1.165) is 12.2 Å². The van der Waals surface area contributed by atoms with Gasteiger partial charge in [-0.05, 0) is 25.1 Å². The van der Waals surface area contributed by atoms with E-state index in [1.807, 2.05) is 30.3 Å². The van der Waals surface area contributed by atoms with Crippen LogP contribution in [0.25, 0.3) is 0 Å². The number of hydrogen-bond donors (Lipinski definition) is 5. The third-order valence-corrected chi connectivity index (χ3v) is 2.78. The van der Waals surface area contributed by atoms with Gasteiger partial charge in [-0.1, -0.05) is 18.2 Å². The van der Waals surface area contributed by atoms with Gasteiger partial charge in [0.2, 0.25) is 5.91 Å². The minimum Gasteiger partial charge on any atom is -0.491 e. The van der Waals surface area contributed by atoms with Gasteiger partial charge in [0.25, 0.3) is 0 Å². The molecule has 0 radical (unpaired) electrons. The highest BCUT2D eigenvalue weighted by Gasteiger charge is 2.05. The smallest absolute Gasteiger partial charge is 0.414 e. The standard InChI is InChI=1S/C14H22N2O3.C2H2O4/c1-15-14(18)8-5-9-16-10-12(17)11-19-13-6-3-2-4-7-13;3-1(4)2(5)6/h2-4,6-7,12,16-17H,5,8-11H2,1H3,(H,15,18);(H,3,4)(H,5,6). The summed E-state index contributed by atoms with van der Waals surface area (Å²) in [7, 11) is 1.63. The summed E-state index contributed by atoms with van der Waals surface area (Å²) in [5.41, 5.74) is 0. The molecule has 1 amide bonds. The number of rotatable bonds is 9. The van der Waals surface area contributed by atoms with Crippen molar-refractivity contribution in [2.45, 2.75) is 18.9 Å². The summed E-state index contributed by atoms with van der Waals surface area (Å²) in [5, 5.41) is 30.1. The third kappa shape index (κ3) is 13.5. The van der Waals surface area contributed by atoms with Crippen LogP contribution in [0.1, 0.15) is 12.8 Å². The number of ether oxygens (including phenoxy) is 1. The average molecular weight is 356 g/mol. The van der Waals surface area contributed by atoms with E-state index >= 15 is 0 Å². The van der Waals surface area contributed by atoms with Crippen LogP contribution >= 0.6 is 0 Å². The predicted octanol–water partition coefficient (Wildman–Crippen LogP) is -0.302. The zero-order valence-corrected chi connectivity index (χ0v) is 14.0. The molecule has 1 rings (SSSR count). The highest BCUT2D eigenvalue weighted by atomic mass is 16.5.